The Bertz CT molecular complexity index is 380. The van der Waals surface area contributed by atoms with Gasteiger partial charge in [0.05, 0.1) is 12.1 Å². The predicted molar refractivity (Wildman–Crippen MR) is 84.3 cm³/mol. The molecule has 0 unspecified atom stereocenters. The van der Waals surface area contributed by atoms with E-state index in [-0.39, 0.29) is 0 Å². The summed E-state index contributed by atoms with van der Waals surface area (Å²) in [7, 11) is 1.64. The molecular weight excluding hydrogens is 258 g/mol. The normalized spacial score (nSPS) is 11.4. The zero-order valence-electron chi connectivity index (χ0n) is 12.7. The van der Waals surface area contributed by atoms with E-state index in [0.717, 1.165) is 11.4 Å². The molecule has 0 fully saturated rings. The van der Waals surface area contributed by atoms with Gasteiger partial charge in [-0.1, -0.05) is 39.3 Å². The topological polar surface area (TPSA) is 21.3 Å². The van der Waals surface area contributed by atoms with Crippen molar-refractivity contribution in [2.24, 2.45) is 11.8 Å². The predicted octanol–water partition coefficient (Wildman–Crippen LogP) is 5.22. The fourth-order valence-corrected chi connectivity index (χ4v) is 2.53. The van der Waals surface area contributed by atoms with Crippen LogP contribution in [0.5, 0.6) is 5.75 Å². The Morgan fingerprint density at radius 3 is 2.16 bits per heavy atom. The molecular formula is C16H26ClNO. The minimum absolute atomic E-state index is 0.492. The van der Waals surface area contributed by atoms with Gasteiger partial charge in [-0.25, -0.2) is 0 Å². The Balaban J connectivity index is 2.77. The largest absolute Gasteiger partial charge is 0.495 e. The first-order chi connectivity index (χ1) is 8.92. The highest BCUT2D eigenvalue weighted by Crippen LogP contribution is 2.28. The summed E-state index contributed by atoms with van der Waals surface area (Å²) < 4.78 is 5.26. The fourth-order valence-electron chi connectivity index (χ4n) is 2.34. The SMILES string of the molecule is COc1cc(NC(CC(C)C)CC(C)C)ccc1Cl. The highest BCUT2D eigenvalue weighted by molar-refractivity contribution is 6.32. The van der Waals surface area contributed by atoms with Crippen LogP contribution in [-0.4, -0.2) is 13.2 Å². The molecule has 0 radical (unpaired) electrons. The molecule has 0 heterocycles. The molecule has 0 aromatic heterocycles. The molecule has 0 aliphatic heterocycles. The molecule has 0 saturated heterocycles. The van der Waals surface area contributed by atoms with E-state index >= 15 is 0 Å². The summed E-state index contributed by atoms with van der Waals surface area (Å²) in [5, 5.41) is 4.26. The number of nitrogens with one attached hydrogen (secondary N) is 1. The molecule has 1 N–H and O–H groups in total. The number of ether oxygens (including phenoxy) is 1. The summed E-state index contributed by atoms with van der Waals surface area (Å²) in [4.78, 5) is 0. The van der Waals surface area contributed by atoms with Gasteiger partial charge in [-0.05, 0) is 36.8 Å². The van der Waals surface area contributed by atoms with Crippen LogP contribution in [0.1, 0.15) is 40.5 Å². The Hall–Kier alpha value is -0.890. The van der Waals surface area contributed by atoms with E-state index in [1.165, 1.54) is 12.8 Å². The summed E-state index contributed by atoms with van der Waals surface area (Å²) in [6.07, 6.45) is 2.34. The van der Waals surface area contributed by atoms with Crippen LogP contribution >= 0.6 is 11.6 Å². The van der Waals surface area contributed by atoms with Gasteiger partial charge in [0, 0.05) is 17.8 Å². The number of methoxy groups -OCH3 is 1. The number of benzene rings is 1. The maximum absolute atomic E-state index is 6.05. The Morgan fingerprint density at radius 2 is 1.68 bits per heavy atom. The molecule has 0 spiro atoms. The van der Waals surface area contributed by atoms with Crippen LogP contribution < -0.4 is 10.1 Å². The van der Waals surface area contributed by atoms with Gasteiger partial charge in [-0.15, -0.1) is 0 Å². The molecule has 1 rings (SSSR count). The smallest absolute Gasteiger partial charge is 0.139 e. The standard InChI is InChI=1S/C16H26ClNO/c1-11(2)8-14(9-12(3)4)18-13-6-7-15(17)16(10-13)19-5/h6-7,10-12,14,18H,8-9H2,1-5H3. The Labute approximate surface area is 122 Å². The summed E-state index contributed by atoms with van der Waals surface area (Å²) >= 11 is 6.05. The number of halogens is 1. The van der Waals surface area contributed by atoms with Crippen LogP contribution in [0, 0.1) is 11.8 Å². The monoisotopic (exact) mass is 283 g/mol. The second-order valence-corrected chi connectivity index (χ2v) is 6.36. The van der Waals surface area contributed by atoms with Crippen molar-refractivity contribution in [1.82, 2.24) is 0 Å². The molecule has 1 aromatic carbocycles. The minimum Gasteiger partial charge on any atom is -0.495 e. The number of rotatable bonds is 7. The lowest BCUT2D eigenvalue weighted by molar-refractivity contribution is 0.414. The first-order valence-electron chi connectivity index (χ1n) is 7.02. The molecule has 3 heteroatoms. The van der Waals surface area contributed by atoms with Crippen LogP contribution in [0.25, 0.3) is 0 Å². The first-order valence-corrected chi connectivity index (χ1v) is 7.40. The van der Waals surface area contributed by atoms with Gasteiger partial charge < -0.3 is 10.1 Å². The van der Waals surface area contributed by atoms with E-state index in [0.29, 0.717) is 22.9 Å². The van der Waals surface area contributed by atoms with Crippen LogP contribution in [-0.2, 0) is 0 Å². The van der Waals surface area contributed by atoms with Crippen molar-refractivity contribution >= 4 is 17.3 Å². The van der Waals surface area contributed by atoms with Gasteiger partial charge >= 0.3 is 0 Å². The molecule has 0 saturated carbocycles. The van der Waals surface area contributed by atoms with E-state index in [2.05, 4.69) is 33.0 Å². The molecule has 2 nitrogen and oxygen atoms in total. The molecule has 19 heavy (non-hydrogen) atoms. The lowest BCUT2D eigenvalue weighted by atomic mass is 9.95. The molecule has 0 amide bonds. The van der Waals surface area contributed by atoms with E-state index in [1.54, 1.807) is 7.11 Å². The second-order valence-electron chi connectivity index (χ2n) is 5.95. The first kappa shape index (κ1) is 16.2. The van der Waals surface area contributed by atoms with E-state index < -0.39 is 0 Å². The van der Waals surface area contributed by atoms with E-state index in [9.17, 15) is 0 Å². The number of hydrogen-bond donors (Lipinski definition) is 1. The van der Waals surface area contributed by atoms with Gasteiger partial charge in [0.15, 0.2) is 0 Å². The lowest BCUT2D eigenvalue weighted by Gasteiger charge is -2.24. The van der Waals surface area contributed by atoms with Crippen molar-refractivity contribution in [3.63, 3.8) is 0 Å². The third kappa shape index (κ3) is 5.73. The Kier molecular flexibility index (Phi) is 6.50. The molecule has 1 aromatic rings. The van der Waals surface area contributed by atoms with E-state index in [1.807, 2.05) is 18.2 Å². The number of hydrogen-bond acceptors (Lipinski definition) is 2. The zero-order valence-corrected chi connectivity index (χ0v) is 13.4. The van der Waals surface area contributed by atoms with Crippen molar-refractivity contribution in [2.75, 3.05) is 12.4 Å². The van der Waals surface area contributed by atoms with Gasteiger partial charge in [-0.2, -0.15) is 0 Å². The van der Waals surface area contributed by atoms with Crippen LogP contribution in [0.2, 0.25) is 5.02 Å². The molecule has 0 aliphatic rings. The number of anilines is 1. The van der Waals surface area contributed by atoms with Gasteiger partial charge in [0.25, 0.3) is 0 Å². The lowest BCUT2D eigenvalue weighted by Crippen LogP contribution is -2.23. The average Bonchev–Trinajstić information content (AvgIpc) is 2.29. The van der Waals surface area contributed by atoms with Gasteiger partial charge in [-0.3, -0.25) is 0 Å². The summed E-state index contributed by atoms with van der Waals surface area (Å²) in [6, 6.07) is 6.35. The summed E-state index contributed by atoms with van der Waals surface area (Å²) in [6.45, 7) is 9.05. The minimum atomic E-state index is 0.492. The second kappa shape index (κ2) is 7.64. The molecule has 0 bridgehead atoms. The van der Waals surface area contributed by atoms with Crippen molar-refractivity contribution in [3.05, 3.63) is 23.2 Å². The van der Waals surface area contributed by atoms with Crippen molar-refractivity contribution in [1.29, 1.82) is 0 Å². The fraction of sp³-hybridized carbons (Fsp3) is 0.625. The zero-order chi connectivity index (χ0) is 14.4. The van der Waals surface area contributed by atoms with Crippen LogP contribution in [0.3, 0.4) is 0 Å². The summed E-state index contributed by atoms with van der Waals surface area (Å²) in [5.41, 5.74) is 1.08. The molecule has 0 aliphatic carbocycles. The van der Waals surface area contributed by atoms with E-state index in [4.69, 9.17) is 16.3 Å². The highest BCUT2D eigenvalue weighted by Gasteiger charge is 2.13. The van der Waals surface area contributed by atoms with Crippen molar-refractivity contribution in [3.8, 4) is 5.75 Å². The maximum atomic E-state index is 6.05. The quantitative estimate of drug-likeness (QED) is 0.740. The van der Waals surface area contributed by atoms with Crippen molar-refractivity contribution < 1.29 is 4.74 Å². The maximum Gasteiger partial charge on any atom is 0.139 e. The van der Waals surface area contributed by atoms with Crippen LogP contribution in [0.4, 0.5) is 5.69 Å². The highest BCUT2D eigenvalue weighted by atomic mass is 35.5. The third-order valence-corrected chi connectivity index (χ3v) is 3.35. The van der Waals surface area contributed by atoms with Crippen molar-refractivity contribution in [2.45, 2.75) is 46.6 Å². The molecule has 108 valence electrons. The third-order valence-electron chi connectivity index (χ3n) is 3.03. The average molecular weight is 284 g/mol. The Morgan fingerprint density at radius 1 is 1.11 bits per heavy atom. The van der Waals surface area contributed by atoms with Gasteiger partial charge in [0.1, 0.15) is 5.75 Å². The van der Waals surface area contributed by atoms with Gasteiger partial charge in [0.2, 0.25) is 0 Å². The van der Waals surface area contributed by atoms with Crippen LogP contribution in [0.15, 0.2) is 18.2 Å². The molecule has 0 atom stereocenters. The summed E-state index contributed by atoms with van der Waals surface area (Å²) in [5.74, 6) is 2.09.